The van der Waals surface area contributed by atoms with Crippen molar-refractivity contribution in [2.75, 3.05) is 39.3 Å². The summed E-state index contributed by atoms with van der Waals surface area (Å²) in [6, 6.07) is 0. The molecule has 1 atom stereocenters. The third-order valence-electron chi connectivity index (χ3n) is 3.39. The van der Waals surface area contributed by atoms with E-state index in [-0.39, 0.29) is 6.10 Å². The van der Waals surface area contributed by atoms with Crippen molar-refractivity contribution in [1.82, 2.24) is 9.80 Å². The summed E-state index contributed by atoms with van der Waals surface area (Å²) < 4.78 is 0. The normalized spacial score (nSPS) is 30.2. The van der Waals surface area contributed by atoms with Crippen molar-refractivity contribution < 1.29 is 5.11 Å². The summed E-state index contributed by atoms with van der Waals surface area (Å²) in [6.45, 7) is 7.05. The fourth-order valence-corrected chi connectivity index (χ4v) is 2.54. The van der Waals surface area contributed by atoms with Crippen molar-refractivity contribution in [2.24, 2.45) is 0 Å². The molecule has 0 aromatic heterocycles. The van der Waals surface area contributed by atoms with Crippen molar-refractivity contribution in [2.45, 2.75) is 31.8 Å². The van der Waals surface area contributed by atoms with Crippen LogP contribution in [0.3, 0.4) is 0 Å². The molecule has 0 spiro atoms. The lowest BCUT2D eigenvalue weighted by Crippen LogP contribution is -2.27. The Morgan fingerprint density at radius 3 is 2.36 bits per heavy atom. The molecule has 2 aliphatic rings. The van der Waals surface area contributed by atoms with E-state index >= 15 is 0 Å². The highest BCUT2D eigenvalue weighted by molar-refractivity contribution is 4.75. The van der Waals surface area contributed by atoms with E-state index in [0.29, 0.717) is 0 Å². The zero-order valence-corrected chi connectivity index (χ0v) is 8.99. The molecule has 2 fully saturated rings. The Morgan fingerprint density at radius 1 is 1.00 bits per heavy atom. The molecule has 0 radical (unpaired) electrons. The smallest absolute Gasteiger partial charge is 0.0679 e. The van der Waals surface area contributed by atoms with E-state index in [2.05, 4.69) is 9.80 Å². The Morgan fingerprint density at radius 2 is 1.71 bits per heavy atom. The average Bonchev–Trinajstić information content (AvgIpc) is 2.77. The molecular weight excluding hydrogens is 176 g/mol. The summed E-state index contributed by atoms with van der Waals surface area (Å²) in [5.41, 5.74) is 0. The van der Waals surface area contributed by atoms with Gasteiger partial charge in [0.1, 0.15) is 0 Å². The van der Waals surface area contributed by atoms with Crippen LogP contribution in [0, 0.1) is 0 Å². The zero-order valence-electron chi connectivity index (χ0n) is 8.99. The first-order chi connectivity index (χ1) is 6.84. The second kappa shape index (κ2) is 5.10. The number of nitrogens with zero attached hydrogens (tertiary/aromatic N) is 2. The van der Waals surface area contributed by atoms with Crippen molar-refractivity contribution >= 4 is 0 Å². The van der Waals surface area contributed by atoms with Crippen LogP contribution in [0.4, 0.5) is 0 Å². The van der Waals surface area contributed by atoms with Crippen LogP contribution < -0.4 is 0 Å². The maximum absolute atomic E-state index is 9.36. The highest BCUT2D eigenvalue weighted by Gasteiger charge is 2.19. The van der Waals surface area contributed by atoms with Crippen molar-refractivity contribution in [3.63, 3.8) is 0 Å². The number of aliphatic hydroxyl groups is 1. The summed E-state index contributed by atoms with van der Waals surface area (Å²) >= 11 is 0. The van der Waals surface area contributed by atoms with Gasteiger partial charge in [0.15, 0.2) is 0 Å². The highest BCUT2D eigenvalue weighted by atomic mass is 16.3. The SMILES string of the molecule is O[C@H]1CCN(CCCN2CCCC2)C1. The summed E-state index contributed by atoms with van der Waals surface area (Å²) in [4.78, 5) is 4.95. The summed E-state index contributed by atoms with van der Waals surface area (Å²) in [5, 5.41) is 9.36. The van der Waals surface area contributed by atoms with Gasteiger partial charge in [-0.1, -0.05) is 0 Å². The molecule has 3 nitrogen and oxygen atoms in total. The predicted molar refractivity (Wildman–Crippen MR) is 57.4 cm³/mol. The van der Waals surface area contributed by atoms with Crippen LogP contribution in [0.15, 0.2) is 0 Å². The van der Waals surface area contributed by atoms with Crippen molar-refractivity contribution in [3.05, 3.63) is 0 Å². The van der Waals surface area contributed by atoms with Gasteiger partial charge in [-0.15, -0.1) is 0 Å². The number of β-amino-alcohol motifs (C(OH)–C–C–N with tert-alkyl or cyclic N) is 1. The van der Waals surface area contributed by atoms with Crippen LogP contribution in [0.5, 0.6) is 0 Å². The second-order valence-electron chi connectivity index (χ2n) is 4.65. The third-order valence-corrected chi connectivity index (χ3v) is 3.39. The number of hydrogen-bond donors (Lipinski definition) is 1. The van der Waals surface area contributed by atoms with Crippen LogP contribution in [0.2, 0.25) is 0 Å². The maximum Gasteiger partial charge on any atom is 0.0679 e. The molecule has 0 aromatic rings. The van der Waals surface area contributed by atoms with Gasteiger partial charge >= 0.3 is 0 Å². The molecule has 2 heterocycles. The number of rotatable bonds is 4. The Labute approximate surface area is 86.7 Å². The molecule has 3 heteroatoms. The Kier molecular flexibility index (Phi) is 3.79. The van der Waals surface area contributed by atoms with Crippen LogP contribution in [-0.4, -0.2) is 60.3 Å². The Balaban J connectivity index is 1.54. The topological polar surface area (TPSA) is 26.7 Å². The van der Waals surface area contributed by atoms with E-state index in [1.165, 1.54) is 45.4 Å². The molecule has 82 valence electrons. The van der Waals surface area contributed by atoms with Gasteiger partial charge in [-0.2, -0.15) is 0 Å². The molecule has 14 heavy (non-hydrogen) atoms. The van der Waals surface area contributed by atoms with E-state index in [0.717, 1.165) is 19.5 Å². The lowest BCUT2D eigenvalue weighted by Gasteiger charge is -2.18. The minimum absolute atomic E-state index is 0.0539. The van der Waals surface area contributed by atoms with Crippen LogP contribution in [0.25, 0.3) is 0 Å². The van der Waals surface area contributed by atoms with Gasteiger partial charge in [0.25, 0.3) is 0 Å². The molecule has 0 bridgehead atoms. The first-order valence-corrected chi connectivity index (χ1v) is 5.97. The van der Waals surface area contributed by atoms with E-state index in [4.69, 9.17) is 0 Å². The van der Waals surface area contributed by atoms with Gasteiger partial charge in [0.05, 0.1) is 6.10 Å². The largest absolute Gasteiger partial charge is 0.392 e. The van der Waals surface area contributed by atoms with Crippen LogP contribution in [0.1, 0.15) is 25.7 Å². The van der Waals surface area contributed by atoms with E-state index in [1.54, 1.807) is 0 Å². The molecule has 0 unspecified atom stereocenters. The molecule has 0 saturated carbocycles. The molecule has 1 N–H and O–H groups in total. The number of likely N-dealkylation sites (tertiary alicyclic amines) is 2. The predicted octanol–water partition coefficient (Wildman–Crippen LogP) is 0.539. The second-order valence-corrected chi connectivity index (χ2v) is 4.65. The fourth-order valence-electron chi connectivity index (χ4n) is 2.54. The van der Waals surface area contributed by atoms with Gasteiger partial charge in [0.2, 0.25) is 0 Å². The maximum atomic E-state index is 9.36. The minimum atomic E-state index is -0.0539. The van der Waals surface area contributed by atoms with E-state index in [9.17, 15) is 5.11 Å². The zero-order chi connectivity index (χ0) is 9.80. The van der Waals surface area contributed by atoms with Gasteiger partial charge < -0.3 is 14.9 Å². The average molecular weight is 198 g/mol. The lowest BCUT2D eigenvalue weighted by molar-refractivity contribution is 0.174. The third kappa shape index (κ3) is 2.94. The van der Waals surface area contributed by atoms with Gasteiger partial charge in [0, 0.05) is 13.1 Å². The highest BCUT2D eigenvalue weighted by Crippen LogP contribution is 2.11. The molecular formula is C11H22N2O. The van der Waals surface area contributed by atoms with Crippen LogP contribution >= 0.6 is 0 Å². The van der Waals surface area contributed by atoms with Crippen molar-refractivity contribution in [1.29, 1.82) is 0 Å². The van der Waals surface area contributed by atoms with E-state index < -0.39 is 0 Å². The van der Waals surface area contributed by atoms with Crippen molar-refractivity contribution in [3.8, 4) is 0 Å². The molecule has 0 amide bonds. The van der Waals surface area contributed by atoms with Gasteiger partial charge in [-0.25, -0.2) is 0 Å². The molecule has 0 aliphatic carbocycles. The first-order valence-electron chi connectivity index (χ1n) is 5.97. The molecule has 0 aromatic carbocycles. The van der Waals surface area contributed by atoms with Crippen LogP contribution in [-0.2, 0) is 0 Å². The minimum Gasteiger partial charge on any atom is -0.392 e. The Bertz CT molecular complexity index is 169. The monoisotopic (exact) mass is 198 g/mol. The number of aliphatic hydroxyl groups excluding tert-OH is 1. The quantitative estimate of drug-likeness (QED) is 0.714. The first kappa shape index (κ1) is 10.4. The number of hydrogen-bond acceptors (Lipinski definition) is 3. The summed E-state index contributed by atoms with van der Waals surface area (Å²) in [7, 11) is 0. The van der Waals surface area contributed by atoms with E-state index in [1.807, 2.05) is 0 Å². The lowest BCUT2D eigenvalue weighted by atomic mass is 10.3. The molecule has 2 saturated heterocycles. The molecule has 2 aliphatic heterocycles. The standard InChI is InChI=1S/C11H22N2O/c14-11-4-9-13(10-11)8-3-7-12-5-1-2-6-12/h11,14H,1-10H2/t11-/m0/s1. The Hall–Kier alpha value is -0.120. The summed E-state index contributed by atoms with van der Waals surface area (Å²) in [6.07, 6.45) is 4.98. The van der Waals surface area contributed by atoms with Gasteiger partial charge in [-0.3, -0.25) is 0 Å². The summed E-state index contributed by atoms with van der Waals surface area (Å²) in [5.74, 6) is 0. The van der Waals surface area contributed by atoms with Gasteiger partial charge in [-0.05, 0) is 51.9 Å². The molecule has 2 rings (SSSR count). The fraction of sp³-hybridized carbons (Fsp3) is 1.00.